The van der Waals surface area contributed by atoms with E-state index in [1.807, 2.05) is 5.51 Å². The summed E-state index contributed by atoms with van der Waals surface area (Å²) in [5, 5.41) is 5.56. The van der Waals surface area contributed by atoms with E-state index in [1.54, 1.807) is 11.3 Å². The van der Waals surface area contributed by atoms with Crippen molar-refractivity contribution >= 4 is 11.3 Å². The Kier molecular flexibility index (Phi) is 4.90. The predicted octanol–water partition coefficient (Wildman–Crippen LogP) is 3.60. The van der Waals surface area contributed by atoms with E-state index in [0.29, 0.717) is 5.92 Å². The molecule has 18 heavy (non-hydrogen) atoms. The van der Waals surface area contributed by atoms with Crippen LogP contribution in [0.25, 0.3) is 0 Å². The summed E-state index contributed by atoms with van der Waals surface area (Å²) in [7, 11) is 0. The molecule has 1 heterocycles. The largest absolute Gasteiger partial charge is 0.312 e. The molecule has 3 heteroatoms. The van der Waals surface area contributed by atoms with Gasteiger partial charge in [-0.2, -0.15) is 0 Å². The van der Waals surface area contributed by atoms with Gasteiger partial charge in [-0.3, -0.25) is 0 Å². The molecule has 0 radical (unpaired) electrons. The number of thiazole rings is 1. The number of rotatable bonds is 6. The van der Waals surface area contributed by atoms with Gasteiger partial charge in [-0.25, -0.2) is 4.98 Å². The molecule has 0 fully saturated rings. The van der Waals surface area contributed by atoms with Crippen molar-refractivity contribution < 1.29 is 0 Å². The van der Waals surface area contributed by atoms with Crippen molar-refractivity contribution in [3.8, 4) is 0 Å². The molecule has 0 aliphatic carbocycles. The van der Waals surface area contributed by atoms with E-state index in [0.717, 1.165) is 19.5 Å². The predicted molar refractivity (Wildman–Crippen MR) is 78.1 cm³/mol. The summed E-state index contributed by atoms with van der Waals surface area (Å²) < 4.78 is 0. The maximum atomic E-state index is 4.27. The quantitative estimate of drug-likeness (QED) is 0.803. The molecule has 2 aromatic rings. The van der Waals surface area contributed by atoms with Gasteiger partial charge in [0.1, 0.15) is 0 Å². The average Bonchev–Trinajstić information content (AvgIpc) is 2.88. The Morgan fingerprint density at radius 2 is 2.00 bits per heavy atom. The Hall–Kier alpha value is -1.19. The summed E-state index contributed by atoms with van der Waals surface area (Å²) in [6.45, 7) is 6.36. The van der Waals surface area contributed by atoms with Gasteiger partial charge in [-0.1, -0.05) is 38.1 Å². The molecular weight excluding hydrogens is 240 g/mol. The normalized spacial score (nSPS) is 11.1. The van der Waals surface area contributed by atoms with Crippen molar-refractivity contribution in [2.75, 3.05) is 6.54 Å². The smallest absolute Gasteiger partial charge is 0.0794 e. The molecule has 1 N–H and O–H groups in total. The van der Waals surface area contributed by atoms with Crippen LogP contribution in [0.15, 0.2) is 35.2 Å². The van der Waals surface area contributed by atoms with Crippen LogP contribution in [-0.4, -0.2) is 11.5 Å². The van der Waals surface area contributed by atoms with Gasteiger partial charge in [0.2, 0.25) is 0 Å². The van der Waals surface area contributed by atoms with Crippen molar-refractivity contribution in [2.24, 2.45) is 0 Å². The summed E-state index contributed by atoms with van der Waals surface area (Å²) in [6, 6.07) is 8.88. The van der Waals surface area contributed by atoms with Crippen LogP contribution in [0.1, 0.15) is 36.6 Å². The van der Waals surface area contributed by atoms with Crippen molar-refractivity contribution in [3.63, 3.8) is 0 Å². The zero-order chi connectivity index (χ0) is 12.8. The number of aromatic nitrogens is 1. The molecule has 0 aliphatic heterocycles. The summed E-state index contributed by atoms with van der Waals surface area (Å²) in [6.07, 6.45) is 1.01. The van der Waals surface area contributed by atoms with E-state index in [1.165, 1.54) is 16.8 Å². The maximum absolute atomic E-state index is 4.27. The highest BCUT2D eigenvalue weighted by Gasteiger charge is 1.99. The Balaban J connectivity index is 1.73. The van der Waals surface area contributed by atoms with E-state index in [2.05, 4.69) is 53.8 Å². The van der Waals surface area contributed by atoms with Gasteiger partial charge in [0, 0.05) is 24.9 Å². The third-order valence-corrected chi connectivity index (χ3v) is 3.65. The second-order valence-electron chi connectivity index (χ2n) is 4.80. The fourth-order valence-electron chi connectivity index (χ4n) is 1.83. The van der Waals surface area contributed by atoms with E-state index in [9.17, 15) is 0 Å². The summed E-state index contributed by atoms with van der Waals surface area (Å²) in [5.41, 5.74) is 5.82. The second-order valence-corrected chi connectivity index (χ2v) is 5.52. The number of nitrogens with zero attached hydrogens (tertiary/aromatic N) is 1. The second kappa shape index (κ2) is 6.66. The molecule has 2 nitrogen and oxygen atoms in total. The zero-order valence-corrected chi connectivity index (χ0v) is 11.8. The Morgan fingerprint density at radius 1 is 1.22 bits per heavy atom. The average molecular weight is 260 g/mol. The van der Waals surface area contributed by atoms with Crippen LogP contribution in [0.4, 0.5) is 0 Å². The van der Waals surface area contributed by atoms with Gasteiger partial charge in [-0.05, 0) is 17.0 Å². The lowest BCUT2D eigenvalue weighted by Crippen LogP contribution is -2.16. The minimum Gasteiger partial charge on any atom is -0.312 e. The lowest BCUT2D eigenvalue weighted by Gasteiger charge is -2.07. The van der Waals surface area contributed by atoms with Crippen LogP contribution in [0.3, 0.4) is 0 Å². The SMILES string of the molecule is CC(C)c1ccc(CNCCc2cscn2)cc1. The summed E-state index contributed by atoms with van der Waals surface area (Å²) in [4.78, 5) is 4.27. The van der Waals surface area contributed by atoms with Crippen LogP contribution in [0.5, 0.6) is 0 Å². The standard InChI is InChI=1S/C15H20N2S/c1-12(2)14-5-3-13(4-6-14)9-16-8-7-15-10-18-11-17-15/h3-6,10-12,16H,7-9H2,1-2H3. The van der Waals surface area contributed by atoms with Gasteiger partial charge in [0.25, 0.3) is 0 Å². The van der Waals surface area contributed by atoms with Gasteiger partial charge in [0.05, 0.1) is 11.2 Å². The van der Waals surface area contributed by atoms with E-state index in [4.69, 9.17) is 0 Å². The molecule has 2 rings (SSSR count). The van der Waals surface area contributed by atoms with Crippen molar-refractivity contribution in [1.29, 1.82) is 0 Å². The molecule has 0 saturated heterocycles. The molecule has 1 aromatic carbocycles. The van der Waals surface area contributed by atoms with Crippen LogP contribution in [0, 0.1) is 0 Å². The molecular formula is C15H20N2S. The van der Waals surface area contributed by atoms with Crippen molar-refractivity contribution in [3.05, 3.63) is 52.0 Å². The molecule has 0 bridgehead atoms. The Morgan fingerprint density at radius 3 is 2.61 bits per heavy atom. The van der Waals surface area contributed by atoms with Crippen molar-refractivity contribution in [2.45, 2.75) is 32.7 Å². The molecule has 1 aromatic heterocycles. The van der Waals surface area contributed by atoms with E-state index < -0.39 is 0 Å². The molecule has 0 unspecified atom stereocenters. The first kappa shape index (κ1) is 13.2. The molecule has 0 saturated carbocycles. The topological polar surface area (TPSA) is 24.9 Å². The van der Waals surface area contributed by atoms with E-state index in [-0.39, 0.29) is 0 Å². The first-order valence-electron chi connectivity index (χ1n) is 6.42. The Labute approximate surface area is 113 Å². The molecule has 0 amide bonds. The number of hydrogen-bond acceptors (Lipinski definition) is 3. The fourth-order valence-corrected chi connectivity index (χ4v) is 2.42. The molecule has 0 aliphatic rings. The van der Waals surface area contributed by atoms with Gasteiger partial charge >= 0.3 is 0 Å². The highest BCUT2D eigenvalue weighted by molar-refractivity contribution is 7.07. The molecule has 0 atom stereocenters. The number of nitrogens with one attached hydrogen (secondary N) is 1. The number of benzene rings is 1. The highest BCUT2D eigenvalue weighted by atomic mass is 32.1. The molecule has 96 valence electrons. The number of hydrogen-bond donors (Lipinski definition) is 1. The lowest BCUT2D eigenvalue weighted by atomic mass is 10.0. The first-order chi connectivity index (χ1) is 8.75. The van der Waals surface area contributed by atoms with Crippen LogP contribution in [0.2, 0.25) is 0 Å². The van der Waals surface area contributed by atoms with Gasteiger partial charge < -0.3 is 5.32 Å². The summed E-state index contributed by atoms with van der Waals surface area (Å²) >= 11 is 1.66. The maximum Gasteiger partial charge on any atom is 0.0794 e. The minimum atomic E-state index is 0.608. The minimum absolute atomic E-state index is 0.608. The lowest BCUT2D eigenvalue weighted by molar-refractivity contribution is 0.681. The zero-order valence-electron chi connectivity index (χ0n) is 11.0. The van der Waals surface area contributed by atoms with Crippen LogP contribution in [-0.2, 0) is 13.0 Å². The third-order valence-electron chi connectivity index (χ3n) is 3.02. The third kappa shape index (κ3) is 3.93. The Bertz CT molecular complexity index is 446. The van der Waals surface area contributed by atoms with Crippen molar-refractivity contribution in [1.82, 2.24) is 10.3 Å². The highest BCUT2D eigenvalue weighted by Crippen LogP contribution is 2.14. The van der Waals surface area contributed by atoms with Crippen LogP contribution >= 0.6 is 11.3 Å². The fraction of sp³-hybridized carbons (Fsp3) is 0.400. The van der Waals surface area contributed by atoms with Gasteiger partial charge in [-0.15, -0.1) is 11.3 Å². The monoisotopic (exact) mass is 260 g/mol. The molecule has 0 spiro atoms. The van der Waals surface area contributed by atoms with Gasteiger partial charge in [0.15, 0.2) is 0 Å². The van der Waals surface area contributed by atoms with E-state index >= 15 is 0 Å². The first-order valence-corrected chi connectivity index (χ1v) is 7.36. The van der Waals surface area contributed by atoms with Crippen LogP contribution < -0.4 is 5.32 Å². The summed E-state index contributed by atoms with van der Waals surface area (Å²) in [5.74, 6) is 0.608.